The zero-order chi connectivity index (χ0) is 21.0. The van der Waals surface area contributed by atoms with E-state index in [1.54, 1.807) is 42.5 Å². The minimum atomic E-state index is -4.00. The van der Waals surface area contributed by atoms with Crippen LogP contribution in [0, 0.1) is 5.82 Å². The number of hydrogen-bond acceptors (Lipinski definition) is 4. The maximum absolute atomic E-state index is 13.4. The van der Waals surface area contributed by atoms with Crippen LogP contribution in [0.15, 0.2) is 71.6 Å². The zero-order valence-electron chi connectivity index (χ0n) is 15.8. The predicted molar refractivity (Wildman–Crippen MR) is 111 cm³/mol. The fraction of sp³-hybridized carbons (Fsp3) is 0.143. The molecule has 0 aliphatic rings. The van der Waals surface area contributed by atoms with E-state index < -0.39 is 15.8 Å². The molecule has 0 atom stereocenters. The van der Waals surface area contributed by atoms with Crippen molar-refractivity contribution in [2.75, 3.05) is 18.5 Å². The standard InChI is InChI=1S/C21H19ClFNO4S/c1-27-20-11-8-18(13-21(20)28-2)24(14-15-4-3-5-16(22)12-15)29(25,26)19-9-6-17(23)7-10-19/h3-13H,14H2,1-2H3. The third kappa shape index (κ3) is 4.63. The van der Waals surface area contributed by atoms with Gasteiger partial charge in [-0.15, -0.1) is 0 Å². The van der Waals surface area contributed by atoms with Crippen LogP contribution in [0.4, 0.5) is 10.1 Å². The van der Waals surface area contributed by atoms with Crippen LogP contribution in [0.3, 0.4) is 0 Å². The number of nitrogens with zero attached hydrogens (tertiary/aromatic N) is 1. The van der Waals surface area contributed by atoms with Crippen molar-refractivity contribution in [3.63, 3.8) is 0 Å². The summed E-state index contributed by atoms with van der Waals surface area (Å²) in [5.41, 5.74) is 1.06. The highest BCUT2D eigenvalue weighted by Gasteiger charge is 2.26. The van der Waals surface area contributed by atoms with Gasteiger partial charge >= 0.3 is 0 Å². The molecule has 0 unspecified atom stereocenters. The molecule has 0 N–H and O–H groups in total. The van der Waals surface area contributed by atoms with Crippen LogP contribution in [-0.4, -0.2) is 22.6 Å². The monoisotopic (exact) mass is 435 g/mol. The minimum absolute atomic E-state index is 0.0236. The van der Waals surface area contributed by atoms with Crippen LogP contribution < -0.4 is 13.8 Å². The number of sulfonamides is 1. The van der Waals surface area contributed by atoms with Crippen LogP contribution in [-0.2, 0) is 16.6 Å². The van der Waals surface area contributed by atoms with E-state index in [0.717, 1.165) is 12.1 Å². The molecule has 0 bridgehead atoms. The molecular weight excluding hydrogens is 417 g/mol. The summed E-state index contributed by atoms with van der Waals surface area (Å²) in [5, 5.41) is 0.494. The van der Waals surface area contributed by atoms with Crippen molar-refractivity contribution in [1.29, 1.82) is 0 Å². The summed E-state index contributed by atoms with van der Waals surface area (Å²) < 4.78 is 51.9. The highest BCUT2D eigenvalue weighted by atomic mass is 35.5. The van der Waals surface area contributed by atoms with E-state index in [4.69, 9.17) is 21.1 Å². The average molecular weight is 436 g/mol. The Labute approximate surface area is 174 Å². The Balaban J connectivity index is 2.12. The quantitative estimate of drug-likeness (QED) is 0.530. The molecule has 8 heteroatoms. The van der Waals surface area contributed by atoms with E-state index in [2.05, 4.69) is 0 Å². The maximum Gasteiger partial charge on any atom is 0.264 e. The lowest BCUT2D eigenvalue weighted by molar-refractivity contribution is 0.355. The largest absolute Gasteiger partial charge is 0.493 e. The third-order valence-corrected chi connectivity index (χ3v) is 6.30. The second-order valence-corrected chi connectivity index (χ2v) is 8.43. The fourth-order valence-corrected chi connectivity index (χ4v) is 4.49. The van der Waals surface area contributed by atoms with E-state index in [0.29, 0.717) is 27.8 Å². The molecule has 0 aromatic heterocycles. The van der Waals surface area contributed by atoms with Crippen LogP contribution in [0.25, 0.3) is 0 Å². The number of ether oxygens (including phenoxy) is 2. The van der Waals surface area contributed by atoms with Gasteiger partial charge in [0.25, 0.3) is 10.0 Å². The lowest BCUT2D eigenvalue weighted by atomic mass is 10.2. The normalized spacial score (nSPS) is 11.2. The van der Waals surface area contributed by atoms with Crippen molar-refractivity contribution in [2.45, 2.75) is 11.4 Å². The number of halogens is 2. The number of hydrogen-bond donors (Lipinski definition) is 0. The summed E-state index contributed by atoms with van der Waals surface area (Å²) in [5.74, 6) is 0.338. The molecule has 152 valence electrons. The molecule has 0 heterocycles. The van der Waals surface area contributed by atoms with Gasteiger partial charge in [-0.3, -0.25) is 4.31 Å². The Kier molecular flexibility index (Phi) is 6.30. The number of rotatable bonds is 7. The Morgan fingerprint density at radius 1 is 0.931 bits per heavy atom. The van der Waals surface area contributed by atoms with E-state index in [1.807, 2.05) is 0 Å². The topological polar surface area (TPSA) is 55.8 Å². The van der Waals surface area contributed by atoms with E-state index >= 15 is 0 Å². The number of benzene rings is 3. The third-order valence-electron chi connectivity index (χ3n) is 4.27. The van der Waals surface area contributed by atoms with Gasteiger partial charge in [-0.1, -0.05) is 23.7 Å². The van der Waals surface area contributed by atoms with Crippen molar-refractivity contribution < 1.29 is 22.3 Å². The summed E-state index contributed by atoms with van der Waals surface area (Å²) in [6.45, 7) is 0.0236. The van der Waals surface area contributed by atoms with Gasteiger partial charge in [0.1, 0.15) is 5.82 Å². The number of anilines is 1. The van der Waals surface area contributed by atoms with Gasteiger partial charge in [0.15, 0.2) is 11.5 Å². The fourth-order valence-electron chi connectivity index (χ4n) is 2.83. The van der Waals surface area contributed by atoms with Gasteiger partial charge in [0.05, 0.1) is 31.3 Å². The molecule has 0 spiro atoms. The highest BCUT2D eigenvalue weighted by Crippen LogP contribution is 2.34. The van der Waals surface area contributed by atoms with Gasteiger partial charge in [-0.2, -0.15) is 0 Å². The first-order chi connectivity index (χ1) is 13.8. The lowest BCUT2D eigenvalue weighted by Crippen LogP contribution is -2.30. The van der Waals surface area contributed by atoms with E-state index in [-0.39, 0.29) is 11.4 Å². The molecule has 0 amide bonds. The SMILES string of the molecule is COc1ccc(N(Cc2cccc(Cl)c2)S(=O)(=O)c2ccc(F)cc2)cc1OC. The maximum atomic E-state index is 13.4. The molecular formula is C21H19ClFNO4S. The molecule has 0 fully saturated rings. The summed E-state index contributed by atoms with van der Waals surface area (Å²) in [7, 11) is -1.03. The molecule has 3 aromatic carbocycles. The van der Waals surface area contributed by atoms with Gasteiger partial charge < -0.3 is 9.47 Å². The summed E-state index contributed by atoms with van der Waals surface area (Å²) in [4.78, 5) is -0.0317. The minimum Gasteiger partial charge on any atom is -0.493 e. The molecule has 0 aliphatic carbocycles. The van der Waals surface area contributed by atoms with Gasteiger partial charge in [-0.25, -0.2) is 12.8 Å². The second kappa shape index (κ2) is 8.71. The van der Waals surface area contributed by atoms with Crippen molar-refractivity contribution >= 4 is 27.3 Å². The Morgan fingerprint density at radius 3 is 2.24 bits per heavy atom. The van der Waals surface area contributed by atoms with Crippen molar-refractivity contribution in [1.82, 2.24) is 0 Å². The first-order valence-corrected chi connectivity index (χ1v) is 10.4. The molecule has 0 saturated heterocycles. The van der Waals surface area contributed by atoms with Crippen LogP contribution in [0.2, 0.25) is 5.02 Å². The van der Waals surface area contributed by atoms with Crippen molar-refractivity contribution in [3.05, 3.63) is 83.1 Å². The van der Waals surface area contributed by atoms with Crippen LogP contribution in [0.1, 0.15) is 5.56 Å². The van der Waals surface area contributed by atoms with Gasteiger partial charge in [0.2, 0.25) is 0 Å². The summed E-state index contributed by atoms with van der Waals surface area (Å²) in [6, 6.07) is 16.4. The molecule has 3 rings (SSSR count). The molecule has 0 radical (unpaired) electrons. The Hall–Kier alpha value is -2.77. The van der Waals surface area contributed by atoms with Gasteiger partial charge in [-0.05, 0) is 54.1 Å². The molecule has 3 aromatic rings. The average Bonchev–Trinajstić information content (AvgIpc) is 2.71. The molecule has 29 heavy (non-hydrogen) atoms. The first-order valence-electron chi connectivity index (χ1n) is 8.60. The van der Waals surface area contributed by atoms with Crippen molar-refractivity contribution in [2.24, 2.45) is 0 Å². The summed E-state index contributed by atoms with van der Waals surface area (Å²) >= 11 is 6.06. The van der Waals surface area contributed by atoms with Gasteiger partial charge in [0, 0.05) is 11.1 Å². The van der Waals surface area contributed by atoms with Crippen LogP contribution >= 0.6 is 11.6 Å². The van der Waals surface area contributed by atoms with Crippen LogP contribution in [0.5, 0.6) is 11.5 Å². The predicted octanol–water partition coefficient (Wildman–Crippen LogP) is 4.89. The van der Waals surface area contributed by atoms with Crippen molar-refractivity contribution in [3.8, 4) is 11.5 Å². The van der Waals surface area contributed by atoms with E-state index in [1.165, 1.54) is 30.7 Å². The number of methoxy groups -OCH3 is 2. The molecule has 5 nitrogen and oxygen atoms in total. The highest BCUT2D eigenvalue weighted by molar-refractivity contribution is 7.92. The second-order valence-electron chi connectivity index (χ2n) is 6.13. The van der Waals surface area contributed by atoms with E-state index in [9.17, 15) is 12.8 Å². The lowest BCUT2D eigenvalue weighted by Gasteiger charge is -2.25. The Morgan fingerprint density at radius 2 is 1.62 bits per heavy atom. The Bertz CT molecular complexity index is 1100. The summed E-state index contributed by atoms with van der Waals surface area (Å²) in [6.07, 6.45) is 0. The first kappa shape index (κ1) is 21.0. The molecule has 0 aliphatic heterocycles. The molecule has 0 saturated carbocycles. The smallest absolute Gasteiger partial charge is 0.264 e. The zero-order valence-corrected chi connectivity index (χ0v) is 17.4.